The van der Waals surface area contributed by atoms with Gasteiger partial charge in [-0.3, -0.25) is 0 Å². The van der Waals surface area contributed by atoms with Crippen molar-refractivity contribution in [2.75, 3.05) is 0 Å². The maximum absolute atomic E-state index is 8.58. The van der Waals surface area contributed by atoms with E-state index in [2.05, 4.69) is 0 Å². The second-order valence-corrected chi connectivity index (χ2v) is 2.06. The Morgan fingerprint density at radius 2 is 0.800 bits per heavy atom. The van der Waals surface area contributed by atoms with E-state index in [9.17, 15) is 0 Å². The monoisotopic (exact) mass is 370 g/mol. The van der Waals surface area contributed by atoms with Crippen molar-refractivity contribution >= 4 is 86.6 Å². The zero-order valence-electron chi connectivity index (χ0n) is 4.86. The van der Waals surface area contributed by atoms with Crippen LogP contribution in [-0.4, -0.2) is 86.6 Å². The summed E-state index contributed by atoms with van der Waals surface area (Å²) in [6, 6.07) is 0. The van der Waals surface area contributed by atoms with Gasteiger partial charge in [0.15, 0.2) is 0 Å². The van der Waals surface area contributed by atoms with Crippen LogP contribution in [0.15, 0.2) is 0 Å². The predicted octanol–water partition coefficient (Wildman–Crippen LogP) is -5.76. The molecule has 6 nitrogen and oxygen atoms in total. The number of hydrogen-bond acceptors (Lipinski definition) is 6. The van der Waals surface area contributed by atoms with Crippen molar-refractivity contribution in [2.24, 2.45) is 0 Å². The van der Waals surface area contributed by atoms with E-state index in [-0.39, 0.29) is 86.6 Å². The van der Waals surface area contributed by atoms with Crippen LogP contribution in [0.25, 0.3) is 0 Å². The summed E-state index contributed by atoms with van der Waals surface area (Å²) in [6.07, 6.45) is 0. The number of rotatable bonds is 0. The Bertz CT molecular complexity index is 73.7. The van der Waals surface area contributed by atoms with E-state index in [4.69, 9.17) is 21.4 Å². The van der Waals surface area contributed by atoms with Gasteiger partial charge in [-0.15, -0.1) is 0 Å². The molecule has 0 aliphatic heterocycles. The van der Waals surface area contributed by atoms with Crippen LogP contribution in [0.4, 0.5) is 0 Å². The van der Waals surface area contributed by atoms with Crippen LogP contribution in [0, 0.1) is 0 Å². The van der Waals surface area contributed by atoms with E-state index < -0.39 is 37.2 Å². The molecule has 0 heterocycles. The SMILES string of the molecule is [Ba+2].[Ca+2].[O]=[Ti]([O-])[O-].[O]=[Ti]([O-])[O-]. The Kier molecular flexibility index (Phi) is 43.4. The summed E-state index contributed by atoms with van der Waals surface area (Å²) in [5, 5.41) is 0. The van der Waals surface area contributed by atoms with Crippen molar-refractivity contribution in [3.05, 3.63) is 0 Å². The van der Waals surface area contributed by atoms with E-state index >= 15 is 0 Å². The third-order valence-corrected chi connectivity index (χ3v) is 0. The fraction of sp³-hybridized carbons (Fsp3) is 0. The van der Waals surface area contributed by atoms with Crippen molar-refractivity contribution in [2.45, 2.75) is 0 Å². The first-order valence-corrected chi connectivity index (χ1v) is 5.05. The first-order valence-electron chi connectivity index (χ1n) is 1.22. The summed E-state index contributed by atoms with van der Waals surface area (Å²) in [6.45, 7) is 0. The molecule has 48 valence electrons. The minimum absolute atomic E-state index is 0. The van der Waals surface area contributed by atoms with Crippen LogP contribution >= 0.6 is 0 Å². The molecule has 0 aliphatic rings. The molecule has 0 amide bonds. The first kappa shape index (κ1) is 23.5. The molecule has 0 aromatic carbocycles. The predicted molar refractivity (Wildman–Crippen MR) is 12.9 cm³/mol. The average Bonchev–Trinajstić information content (AvgIpc) is 1.25. The summed E-state index contributed by atoms with van der Waals surface area (Å²) in [4.78, 5) is 0. The van der Waals surface area contributed by atoms with Gasteiger partial charge in [0.1, 0.15) is 0 Å². The van der Waals surface area contributed by atoms with E-state index in [0.29, 0.717) is 0 Å². The van der Waals surface area contributed by atoms with Gasteiger partial charge in [-0.1, -0.05) is 0 Å². The van der Waals surface area contributed by atoms with E-state index in [0.717, 1.165) is 0 Å². The zero-order chi connectivity index (χ0) is 7.15. The molecule has 0 aromatic rings. The topological polar surface area (TPSA) is 126 Å². The average molecular weight is 369 g/mol. The van der Waals surface area contributed by atoms with Crippen molar-refractivity contribution in [3.8, 4) is 0 Å². The molecule has 0 bridgehead atoms. The molecular weight excluding hydrogens is 369 g/mol. The van der Waals surface area contributed by atoms with E-state index in [1.807, 2.05) is 0 Å². The second-order valence-electron chi connectivity index (χ2n) is 0.500. The molecule has 0 rings (SSSR count). The van der Waals surface area contributed by atoms with Crippen molar-refractivity contribution < 1.29 is 58.6 Å². The third kappa shape index (κ3) is 97.9. The Labute approximate surface area is 141 Å². The third-order valence-electron chi connectivity index (χ3n) is 0. The molecule has 10 heavy (non-hydrogen) atoms. The van der Waals surface area contributed by atoms with E-state index in [1.165, 1.54) is 0 Å². The normalized spacial score (nSPS) is 5.20. The quantitative estimate of drug-likeness (QED) is 0.392. The molecule has 0 aromatic heterocycles. The summed E-state index contributed by atoms with van der Waals surface area (Å²) < 4.78 is 51.5. The Hall–Kier alpha value is 3.70. The van der Waals surface area contributed by atoms with Crippen molar-refractivity contribution in [1.82, 2.24) is 0 Å². The molecule has 0 radical (unpaired) electrons. The molecule has 0 atom stereocenters. The maximum atomic E-state index is 8.58. The standard InChI is InChI=1S/Ba.Ca.6O.2Ti/q2*+2;;;4*-1;;. The van der Waals surface area contributed by atoms with Crippen molar-refractivity contribution in [3.63, 3.8) is 0 Å². The fourth-order valence-electron chi connectivity index (χ4n) is 0. The second kappa shape index (κ2) is 18.5. The summed E-state index contributed by atoms with van der Waals surface area (Å²) in [5.41, 5.74) is 0. The van der Waals surface area contributed by atoms with Crippen LogP contribution in [-0.2, 0) is 43.9 Å². The van der Waals surface area contributed by atoms with Gasteiger partial charge >= 0.3 is 145 Å². The van der Waals surface area contributed by atoms with Gasteiger partial charge in [0.25, 0.3) is 0 Å². The minimum atomic E-state index is -4.08. The molecule has 0 saturated carbocycles. The van der Waals surface area contributed by atoms with Gasteiger partial charge in [-0.2, -0.15) is 0 Å². The Balaban J connectivity index is -0.0000000300. The summed E-state index contributed by atoms with van der Waals surface area (Å²) in [7, 11) is 0. The first-order chi connectivity index (χ1) is 3.46. The number of hydrogen-bond donors (Lipinski definition) is 0. The zero-order valence-corrected chi connectivity index (χ0v) is 14.6. The summed E-state index contributed by atoms with van der Waals surface area (Å²) in [5.74, 6) is 0. The molecule has 0 unspecified atom stereocenters. The Morgan fingerprint density at radius 1 is 0.800 bits per heavy atom. The van der Waals surface area contributed by atoms with Crippen molar-refractivity contribution in [1.29, 1.82) is 0 Å². The van der Waals surface area contributed by atoms with Crippen LogP contribution in [0.3, 0.4) is 0 Å². The molecule has 0 N–H and O–H groups in total. The van der Waals surface area contributed by atoms with Crippen LogP contribution in [0.5, 0.6) is 0 Å². The molecule has 10 heteroatoms. The summed E-state index contributed by atoms with van der Waals surface area (Å²) >= 11 is -8.17. The van der Waals surface area contributed by atoms with Crippen LogP contribution in [0.1, 0.15) is 0 Å². The molecule has 0 aliphatic carbocycles. The molecular formula is BaCaO6Ti2. The Morgan fingerprint density at radius 3 is 0.800 bits per heavy atom. The molecule has 0 fully saturated rings. The van der Waals surface area contributed by atoms with Crippen LogP contribution in [0.2, 0.25) is 0 Å². The molecule has 0 saturated heterocycles. The van der Waals surface area contributed by atoms with Gasteiger partial charge in [0.05, 0.1) is 0 Å². The van der Waals surface area contributed by atoms with Gasteiger partial charge in [0, 0.05) is 0 Å². The van der Waals surface area contributed by atoms with Gasteiger partial charge < -0.3 is 0 Å². The van der Waals surface area contributed by atoms with E-state index in [1.54, 1.807) is 0 Å². The van der Waals surface area contributed by atoms with Gasteiger partial charge in [0.2, 0.25) is 0 Å². The van der Waals surface area contributed by atoms with Crippen LogP contribution < -0.4 is 14.8 Å². The fourth-order valence-corrected chi connectivity index (χ4v) is 0. The molecule has 0 spiro atoms. The van der Waals surface area contributed by atoms with Gasteiger partial charge in [-0.25, -0.2) is 0 Å². The van der Waals surface area contributed by atoms with Gasteiger partial charge in [-0.05, 0) is 0 Å².